The molecule has 0 saturated heterocycles. The second-order valence-corrected chi connectivity index (χ2v) is 4.87. The van der Waals surface area contributed by atoms with E-state index in [0.717, 1.165) is 21.9 Å². The number of aromatic nitrogens is 5. The van der Waals surface area contributed by atoms with Gasteiger partial charge in [0.05, 0.1) is 17.1 Å². The summed E-state index contributed by atoms with van der Waals surface area (Å²) in [5.74, 6) is 1.44. The zero-order valence-corrected chi connectivity index (χ0v) is 10.8. The van der Waals surface area contributed by atoms with Crippen LogP contribution in [0.15, 0.2) is 22.0 Å². The Morgan fingerprint density at radius 1 is 1.39 bits per heavy atom. The molecule has 92 valence electrons. The average Bonchev–Trinajstić information content (AvgIpc) is 3.06. The molecule has 18 heavy (non-hydrogen) atoms. The first kappa shape index (κ1) is 11.1. The van der Waals surface area contributed by atoms with E-state index >= 15 is 0 Å². The molecule has 7 heteroatoms. The lowest BCUT2D eigenvalue weighted by atomic mass is 10.2. The van der Waals surface area contributed by atoms with Crippen LogP contribution in [-0.4, -0.2) is 25.4 Å². The lowest BCUT2D eigenvalue weighted by Crippen LogP contribution is -2.05. The van der Waals surface area contributed by atoms with Gasteiger partial charge in [-0.15, -0.1) is 21.5 Å². The monoisotopic (exact) mass is 261 g/mol. The topological polar surface area (TPSA) is 69.6 Å². The highest BCUT2D eigenvalue weighted by molar-refractivity contribution is 7.13. The lowest BCUT2D eigenvalue weighted by molar-refractivity contribution is 0.391. The molecule has 0 fully saturated rings. The zero-order chi connectivity index (χ0) is 12.5. The molecule has 3 aromatic rings. The van der Waals surface area contributed by atoms with Gasteiger partial charge in [0.25, 0.3) is 0 Å². The third-order valence-corrected chi connectivity index (χ3v) is 3.54. The van der Waals surface area contributed by atoms with Gasteiger partial charge >= 0.3 is 0 Å². The summed E-state index contributed by atoms with van der Waals surface area (Å²) in [5.41, 5.74) is 1.87. The van der Waals surface area contributed by atoms with Crippen molar-refractivity contribution in [3.8, 4) is 10.7 Å². The molecule has 0 unspecified atom stereocenters. The summed E-state index contributed by atoms with van der Waals surface area (Å²) in [6.45, 7) is 4.31. The van der Waals surface area contributed by atoms with E-state index in [-0.39, 0.29) is 0 Å². The van der Waals surface area contributed by atoms with Gasteiger partial charge in [-0.3, -0.25) is 0 Å². The van der Waals surface area contributed by atoms with Crippen molar-refractivity contribution in [3.63, 3.8) is 0 Å². The second kappa shape index (κ2) is 4.34. The maximum atomic E-state index is 5.11. The lowest BCUT2D eigenvalue weighted by Gasteiger charge is -1.96. The first-order valence-electron chi connectivity index (χ1n) is 5.47. The number of tetrazole rings is 1. The minimum atomic E-state index is 0.527. The van der Waals surface area contributed by atoms with Gasteiger partial charge in [0.2, 0.25) is 5.82 Å². The van der Waals surface area contributed by atoms with E-state index in [4.69, 9.17) is 4.52 Å². The van der Waals surface area contributed by atoms with E-state index in [9.17, 15) is 0 Å². The minimum Gasteiger partial charge on any atom is -0.361 e. The fraction of sp³-hybridized carbons (Fsp3) is 0.273. The molecule has 0 aliphatic rings. The molecule has 3 heterocycles. The van der Waals surface area contributed by atoms with Gasteiger partial charge in [-0.25, -0.2) is 0 Å². The van der Waals surface area contributed by atoms with Gasteiger partial charge in [-0.05, 0) is 30.5 Å². The predicted molar refractivity (Wildman–Crippen MR) is 66.2 cm³/mol. The molecule has 3 aromatic heterocycles. The van der Waals surface area contributed by atoms with Crippen molar-refractivity contribution >= 4 is 11.3 Å². The van der Waals surface area contributed by atoms with Gasteiger partial charge in [-0.1, -0.05) is 11.2 Å². The molecule has 0 atom stereocenters. The maximum Gasteiger partial charge on any atom is 0.214 e. The van der Waals surface area contributed by atoms with Crippen LogP contribution in [0.3, 0.4) is 0 Å². The van der Waals surface area contributed by atoms with Crippen LogP contribution < -0.4 is 0 Å². The Labute approximate surface area is 107 Å². The maximum absolute atomic E-state index is 5.11. The molecular formula is C11H11N5OS. The van der Waals surface area contributed by atoms with Crippen molar-refractivity contribution in [3.05, 3.63) is 34.5 Å². The smallest absolute Gasteiger partial charge is 0.214 e. The molecule has 0 aromatic carbocycles. The fourth-order valence-corrected chi connectivity index (χ4v) is 2.33. The number of thiophene rings is 1. The van der Waals surface area contributed by atoms with Crippen LogP contribution in [0.4, 0.5) is 0 Å². The highest BCUT2D eigenvalue weighted by Gasteiger charge is 2.12. The van der Waals surface area contributed by atoms with Crippen LogP contribution in [-0.2, 0) is 6.54 Å². The molecule has 0 aliphatic carbocycles. The van der Waals surface area contributed by atoms with Crippen molar-refractivity contribution in [2.75, 3.05) is 0 Å². The number of hydrogen-bond donors (Lipinski definition) is 0. The van der Waals surface area contributed by atoms with E-state index in [1.807, 2.05) is 31.4 Å². The molecule has 6 nitrogen and oxygen atoms in total. The molecule has 0 N–H and O–H groups in total. The summed E-state index contributed by atoms with van der Waals surface area (Å²) >= 11 is 1.59. The molecular weight excluding hydrogens is 250 g/mol. The van der Waals surface area contributed by atoms with Crippen LogP contribution in [0, 0.1) is 13.8 Å². The van der Waals surface area contributed by atoms with E-state index in [1.54, 1.807) is 16.1 Å². The quantitative estimate of drug-likeness (QED) is 0.721. The fourth-order valence-electron chi connectivity index (χ4n) is 1.68. The molecule has 0 aliphatic heterocycles. The summed E-state index contributed by atoms with van der Waals surface area (Å²) in [4.78, 5) is 2.57. The summed E-state index contributed by atoms with van der Waals surface area (Å²) < 4.78 is 5.11. The van der Waals surface area contributed by atoms with E-state index in [2.05, 4.69) is 20.6 Å². The Morgan fingerprint density at radius 3 is 2.94 bits per heavy atom. The summed E-state index contributed by atoms with van der Waals surface area (Å²) in [5, 5.41) is 18.3. The molecule has 0 radical (unpaired) electrons. The van der Waals surface area contributed by atoms with Crippen LogP contribution in [0.2, 0.25) is 0 Å². The summed E-state index contributed by atoms with van der Waals surface area (Å²) in [7, 11) is 0. The van der Waals surface area contributed by atoms with Gasteiger partial charge in [0, 0.05) is 5.56 Å². The van der Waals surface area contributed by atoms with Crippen molar-refractivity contribution in [2.45, 2.75) is 20.4 Å². The highest BCUT2D eigenvalue weighted by Crippen LogP contribution is 2.20. The van der Waals surface area contributed by atoms with Gasteiger partial charge in [0.1, 0.15) is 5.76 Å². The van der Waals surface area contributed by atoms with Crippen molar-refractivity contribution in [1.29, 1.82) is 0 Å². The number of aryl methyl sites for hydroxylation is 2. The molecule has 0 bridgehead atoms. The molecule has 0 amide bonds. The standard InChI is InChI=1S/C11H11N5OS/c1-7-9(8(2)17-14-7)6-16-13-11(12-15-16)10-4-3-5-18-10/h3-5H,6H2,1-2H3. The van der Waals surface area contributed by atoms with Crippen molar-refractivity contribution in [2.24, 2.45) is 0 Å². The van der Waals surface area contributed by atoms with Gasteiger partial charge < -0.3 is 4.52 Å². The van der Waals surface area contributed by atoms with Crippen molar-refractivity contribution in [1.82, 2.24) is 25.4 Å². The zero-order valence-electron chi connectivity index (χ0n) is 9.99. The summed E-state index contributed by atoms with van der Waals surface area (Å²) in [6, 6.07) is 3.94. The Kier molecular flexibility index (Phi) is 2.67. The normalized spacial score (nSPS) is 11.0. The number of nitrogens with zero attached hydrogens (tertiary/aromatic N) is 5. The minimum absolute atomic E-state index is 0.527. The van der Waals surface area contributed by atoms with Crippen molar-refractivity contribution < 1.29 is 4.52 Å². The van der Waals surface area contributed by atoms with Crippen LogP contribution in [0.5, 0.6) is 0 Å². The SMILES string of the molecule is Cc1noc(C)c1Cn1nnc(-c2cccs2)n1. The van der Waals surface area contributed by atoms with E-state index < -0.39 is 0 Å². The Balaban J connectivity index is 1.87. The Hall–Kier alpha value is -2.02. The third kappa shape index (κ3) is 1.92. The Morgan fingerprint density at radius 2 is 2.28 bits per heavy atom. The predicted octanol–water partition coefficient (Wildman–Crippen LogP) is 2.05. The van der Waals surface area contributed by atoms with Crippen LogP contribution in [0.1, 0.15) is 17.0 Å². The highest BCUT2D eigenvalue weighted by atomic mass is 32.1. The average molecular weight is 261 g/mol. The van der Waals surface area contributed by atoms with E-state index in [0.29, 0.717) is 12.4 Å². The van der Waals surface area contributed by atoms with Gasteiger partial charge in [-0.2, -0.15) is 4.80 Å². The van der Waals surface area contributed by atoms with Crippen LogP contribution in [0.25, 0.3) is 10.7 Å². The molecule has 0 saturated carbocycles. The van der Waals surface area contributed by atoms with Gasteiger partial charge in [0.15, 0.2) is 0 Å². The van der Waals surface area contributed by atoms with Crippen LogP contribution >= 0.6 is 11.3 Å². The first-order valence-corrected chi connectivity index (χ1v) is 6.35. The Bertz CT molecular complexity index is 635. The summed E-state index contributed by atoms with van der Waals surface area (Å²) in [6.07, 6.45) is 0. The molecule has 3 rings (SSSR count). The number of rotatable bonds is 3. The number of hydrogen-bond acceptors (Lipinski definition) is 6. The third-order valence-electron chi connectivity index (χ3n) is 2.68. The van der Waals surface area contributed by atoms with E-state index in [1.165, 1.54) is 0 Å². The first-order chi connectivity index (χ1) is 8.74. The molecule has 0 spiro atoms. The largest absolute Gasteiger partial charge is 0.361 e. The second-order valence-electron chi connectivity index (χ2n) is 3.92.